The lowest BCUT2D eigenvalue weighted by Crippen LogP contribution is -2.18. The van der Waals surface area contributed by atoms with Crippen molar-refractivity contribution >= 4 is 143 Å². The summed E-state index contributed by atoms with van der Waals surface area (Å²) >= 11 is 0. The van der Waals surface area contributed by atoms with Gasteiger partial charge < -0.3 is 28.1 Å². The van der Waals surface area contributed by atoms with E-state index in [9.17, 15) is 0 Å². The molecule has 9 heterocycles. The smallest absolute Gasteiger partial charge is 0.164 e. The molecule has 0 saturated heterocycles. The van der Waals surface area contributed by atoms with Crippen molar-refractivity contribution in [3.63, 3.8) is 0 Å². The predicted octanol–water partition coefficient (Wildman–Crippen LogP) is 24.7. The molecule has 7 aromatic heterocycles. The largest absolute Gasteiger partial charge is 0.309 e. The molecule has 504 valence electrons. The van der Waals surface area contributed by atoms with Crippen LogP contribution in [0, 0.1) is 0 Å². The molecule has 0 amide bonds. The van der Waals surface area contributed by atoms with Gasteiger partial charge in [0.1, 0.15) is 11.5 Å². The molecule has 0 N–H and O–H groups in total. The zero-order valence-corrected chi connectivity index (χ0v) is 58.1. The SMILES string of the molecule is c1ccc(-n2c(-c3ccc(-n4c5ccccc5c5ccccc54)cc3)nc3ccc(N4c5ccccc5-n5c6ccccc6c6cccc4c65)cc32)cc1.c1ccc(-n2c(-c3ccc(-n4c5ccccc5c5ccccc54)cn3)nc3ccc(N4c5ccccc5-n5c6ccccc6c6cccc4c65)cc32)cc1. The van der Waals surface area contributed by atoms with Gasteiger partial charge in [0.05, 0.1) is 112 Å². The van der Waals surface area contributed by atoms with Gasteiger partial charge in [-0.15, -0.1) is 0 Å². The van der Waals surface area contributed by atoms with E-state index in [1.54, 1.807) is 0 Å². The number of imidazole rings is 2. The fourth-order valence-electron chi connectivity index (χ4n) is 17.6. The molecule has 11 heteroatoms. The highest BCUT2D eigenvalue weighted by Gasteiger charge is 2.32. The van der Waals surface area contributed by atoms with E-state index in [0.29, 0.717) is 0 Å². The Bertz CT molecular complexity index is 6890. The van der Waals surface area contributed by atoms with Crippen LogP contribution in [0.4, 0.5) is 34.1 Å². The minimum Gasteiger partial charge on any atom is -0.309 e. The molecule has 0 saturated carbocycles. The van der Waals surface area contributed by atoms with Crippen molar-refractivity contribution in [1.29, 1.82) is 0 Å². The van der Waals surface area contributed by atoms with Crippen LogP contribution in [0.3, 0.4) is 0 Å². The summed E-state index contributed by atoms with van der Waals surface area (Å²) < 4.78 is 14.1. The first-order valence-electron chi connectivity index (χ1n) is 36.7. The number of benzene rings is 15. The number of hydrogen-bond acceptors (Lipinski definition) is 5. The van der Waals surface area contributed by atoms with Gasteiger partial charge in [0.15, 0.2) is 5.82 Å². The van der Waals surface area contributed by atoms with E-state index in [2.05, 4.69) is 401 Å². The van der Waals surface area contributed by atoms with Crippen molar-refractivity contribution in [3.05, 3.63) is 370 Å². The maximum atomic E-state index is 5.32. The summed E-state index contributed by atoms with van der Waals surface area (Å²) in [5, 5.41) is 9.99. The zero-order chi connectivity index (χ0) is 70.7. The summed E-state index contributed by atoms with van der Waals surface area (Å²) in [4.78, 5) is 20.5. The number of rotatable bonds is 8. The number of aromatic nitrogens is 9. The van der Waals surface area contributed by atoms with E-state index in [1.165, 1.54) is 81.9 Å². The van der Waals surface area contributed by atoms with Gasteiger partial charge in [0, 0.05) is 77.1 Å². The number of para-hydroxylation sites is 14. The summed E-state index contributed by atoms with van der Waals surface area (Å²) in [7, 11) is 0. The van der Waals surface area contributed by atoms with E-state index < -0.39 is 0 Å². The van der Waals surface area contributed by atoms with Gasteiger partial charge in [-0.3, -0.25) is 14.1 Å². The number of anilines is 6. The van der Waals surface area contributed by atoms with Gasteiger partial charge in [-0.2, -0.15) is 0 Å². The van der Waals surface area contributed by atoms with E-state index >= 15 is 0 Å². The van der Waals surface area contributed by atoms with Crippen molar-refractivity contribution in [2.75, 3.05) is 9.80 Å². The average molecular weight is 1380 g/mol. The van der Waals surface area contributed by atoms with Crippen molar-refractivity contribution in [2.24, 2.45) is 0 Å². The third-order valence-electron chi connectivity index (χ3n) is 22.2. The fourth-order valence-corrected chi connectivity index (χ4v) is 17.6. The molecule has 0 unspecified atom stereocenters. The van der Waals surface area contributed by atoms with Crippen LogP contribution >= 0.6 is 0 Å². The van der Waals surface area contributed by atoms with Crippen molar-refractivity contribution in [3.8, 4) is 57.0 Å². The van der Waals surface area contributed by atoms with Gasteiger partial charge in [0.25, 0.3) is 0 Å². The molecule has 0 spiro atoms. The van der Waals surface area contributed by atoms with Crippen LogP contribution < -0.4 is 9.80 Å². The number of pyridine rings is 1. The maximum Gasteiger partial charge on any atom is 0.164 e. The molecule has 11 nitrogen and oxygen atoms in total. The van der Waals surface area contributed by atoms with Crippen LogP contribution in [0.15, 0.2) is 370 Å². The van der Waals surface area contributed by atoms with E-state index in [0.717, 1.165) is 119 Å². The first-order valence-corrected chi connectivity index (χ1v) is 36.7. The molecule has 108 heavy (non-hydrogen) atoms. The maximum absolute atomic E-state index is 5.32. The zero-order valence-electron chi connectivity index (χ0n) is 58.1. The highest BCUT2D eigenvalue weighted by molar-refractivity contribution is 6.19. The number of hydrogen-bond donors (Lipinski definition) is 0. The lowest BCUT2D eigenvalue weighted by atomic mass is 10.1. The third kappa shape index (κ3) is 8.75. The molecule has 0 bridgehead atoms. The summed E-state index contributed by atoms with van der Waals surface area (Å²) in [5.41, 5.74) is 28.7. The molecular weight excluding hydrogens is 1320 g/mol. The van der Waals surface area contributed by atoms with Crippen LogP contribution in [-0.4, -0.2) is 42.4 Å². The Morgan fingerprint density at radius 2 is 0.519 bits per heavy atom. The monoisotopic (exact) mass is 1380 g/mol. The summed E-state index contributed by atoms with van der Waals surface area (Å²) in [6.45, 7) is 0. The molecule has 2 aliphatic rings. The molecule has 0 atom stereocenters. The van der Waals surface area contributed by atoms with E-state index in [-0.39, 0.29) is 0 Å². The minimum absolute atomic E-state index is 0.795. The summed E-state index contributed by atoms with van der Waals surface area (Å²) in [6, 6.07) is 130. The molecular formula is C97H61N11. The Morgan fingerprint density at radius 1 is 0.194 bits per heavy atom. The highest BCUT2D eigenvalue weighted by atomic mass is 15.2. The first kappa shape index (κ1) is 59.7. The Morgan fingerprint density at radius 3 is 0.954 bits per heavy atom. The second-order valence-corrected chi connectivity index (χ2v) is 27.9. The summed E-state index contributed by atoms with van der Waals surface area (Å²) in [5.74, 6) is 1.70. The van der Waals surface area contributed by atoms with Gasteiger partial charge in [-0.25, -0.2) is 9.97 Å². The molecule has 0 aliphatic carbocycles. The highest BCUT2D eigenvalue weighted by Crippen LogP contribution is 2.53. The molecule has 15 aromatic carbocycles. The topological polar surface area (TPSA) is 74.7 Å². The molecule has 22 aromatic rings. The van der Waals surface area contributed by atoms with Crippen LogP contribution in [0.5, 0.6) is 0 Å². The average Bonchev–Trinajstić information content (AvgIpc) is 1.51. The summed E-state index contributed by atoms with van der Waals surface area (Å²) in [6.07, 6.45) is 1.97. The van der Waals surface area contributed by atoms with Gasteiger partial charge in [-0.1, -0.05) is 194 Å². The van der Waals surface area contributed by atoms with Crippen molar-refractivity contribution < 1.29 is 0 Å². The quantitative estimate of drug-likeness (QED) is 0.152. The lowest BCUT2D eigenvalue weighted by Gasteiger charge is -2.33. The third-order valence-corrected chi connectivity index (χ3v) is 22.2. The minimum atomic E-state index is 0.795. The fraction of sp³-hybridized carbons (Fsp3) is 0. The van der Waals surface area contributed by atoms with Crippen molar-refractivity contribution in [2.45, 2.75) is 0 Å². The van der Waals surface area contributed by atoms with Gasteiger partial charge >= 0.3 is 0 Å². The van der Waals surface area contributed by atoms with Gasteiger partial charge in [-0.05, 0) is 170 Å². The van der Waals surface area contributed by atoms with Crippen LogP contribution in [-0.2, 0) is 0 Å². The van der Waals surface area contributed by atoms with E-state index in [4.69, 9.17) is 15.0 Å². The standard InChI is InChI=1S/C49H31N5.C48H30N6/c1-2-13-33(14-3-1)53-47-31-35(52-44-22-10-11-23-45(44)54-43-21-9-6-17-38(43)39-18-12-24-46(52)48(39)54)29-30-40(47)50-49(53)32-25-27-34(28-26-32)51-41-19-7-4-15-36(41)37-16-5-8-20-42(37)51;1-2-13-31(14-3-1)53-46-29-32(51-43-22-10-11-23-44(43)54-42-21-9-6-17-36(42)37-18-12-24-45(51)47(37)54)25-27-38(46)50-48(53)39-28-26-33(30-49-39)52-40-19-7-4-15-34(40)35-16-5-8-20-41(35)52/h1-31H;1-30H. The second-order valence-electron chi connectivity index (χ2n) is 27.9. The number of fused-ring (bicyclic) bond motifs is 18. The Labute approximate surface area is 619 Å². The second kappa shape index (κ2) is 23.4. The Balaban J connectivity index is 0.000000130. The predicted molar refractivity (Wildman–Crippen MR) is 445 cm³/mol. The molecule has 24 rings (SSSR count). The number of nitrogens with zero attached hydrogens (tertiary/aromatic N) is 11. The molecule has 2 aliphatic heterocycles. The molecule has 0 fully saturated rings. The normalized spacial score (nSPS) is 12.4. The van der Waals surface area contributed by atoms with Crippen LogP contribution in [0.2, 0.25) is 0 Å². The Kier molecular flexibility index (Phi) is 12.9. The van der Waals surface area contributed by atoms with Gasteiger partial charge in [0.2, 0.25) is 0 Å². The van der Waals surface area contributed by atoms with Crippen LogP contribution in [0.25, 0.3) is 166 Å². The lowest BCUT2D eigenvalue weighted by molar-refractivity contribution is 1.07. The Hall–Kier alpha value is -14.8. The first-order chi connectivity index (χ1) is 53.6. The molecule has 0 radical (unpaired) electrons. The van der Waals surface area contributed by atoms with Crippen LogP contribution in [0.1, 0.15) is 0 Å². The van der Waals surface area contributed by atoms with Crippen molar-refractivity contribution in [1.82, 2.24) is 42.4 Å². The van der Waals surface area contributed by atoms with E-state index in [1.807, 2.05) is 6.20 Å².